The van der Waals surface area contributed by atoms with E-state index in [-0.39, 0.29) is 12.5 Å². The van der Waals surface area contributed by atoms with Crippen molar-refractivity contribution in [3.63, 3.8) is 0 Å². The number of rotatable bonds is 9. The molecule has 2 aromatic carbocycles. The fourth-order valence-electron chi connectivity index (χ4n) is 3.45. The number of benzene rings is 2. The Kier molecular flexibility index (Phi) is 10.8. The van der Waals surface area contributed by atoms with E-state index < -0.39 is 7.82 Å². The van der Waals surface area contributed by atoms with Gasteiger partial charge in [0.15, 0.2) is 0 Å². The van der Waals surface area contributed by atoms with Crippen LogP contribution in [-0.2, 0) is 14.1 Å². The van der Waals surface area contributed by atoms with Crippen molar-refractivity contribution in [3.05, 3.63) is 84.0 Å². The number of aromatic nitrogens is 3. The van der Waals surface area contributed by atoms with Gasteiger partial charge in [0.05, 0.1) is 11.7 Å². The number of fused-ring (bicyclic) bond motifs is 1. The number of hydrogen-bond acceptors (Lipinski definition) is 8. The zero-order chi connectivity index (χ0) is 29.1. The quantitative estimate of drug-likeness (QED) is 0.185. The van der Waals surface area contributed by atoms with Gasteiger partial charge in [-0.1, -0.05) is 18.2 Å². The number of methoxy groups -OCH3 is 1. The number of anilines is 2. The molecule has 0 fully saturated rings. The molecule has 0 saturated heterocycles. The van der Waals surface area contributed by atoms with Crippen LogP contribution in [0.15, 0.2) is 67.1 Å². The molecule has 2 aromatic heterocycles. The van der Waals surface area contributed by atoms with Gasteiger partial charge in [-0.05, 0) is 67.4 Å². The summed E-state index contributed by atoms with van der Waals surface area (Å²) in [6, 6.07) is 15.6. The van der Waals surface area contributed by atoms with Gasteiger partial charge in [-0.25, -0.2) is 14.5 Å². The summed E-state index contributed by atoms with van der Waals surface area (Å²) in [6.07, 6.45) is 7.09. The third-order valence-corrected chi connectivity index (χ3v) is 5.21. The van der Waals surface area contributed by atoms with Crippen LogP contribution in [0, 0.1) is 13.8 Å². The van der Waals surface area contributed by atoms with E-state index in [1.54, 1.807) is 12.5 Å². The molecule has 12 nitrogen and oxygen atoms in total. The van der Waals surface area contributed by atoms with E-state index in [0.29, 0.717) is 18.1 Å². The first-order chi connectivity index (χ1) is 19.0. The van der Waals surface area contributed by atoms with Crippen molar-refractivity contribution in [3.8, 4) is 11.5 Å². The minimum atomic E-state index is -4.64. The van der Waals surface area contributed by atoms with Crippen molar-refractivity contribution < 1.29 is 33.5 Å². The zero-order valence-corrected chi connectivity index (χ0v) is 23.0. The first-order valence-corrected chi connectivity index (χ1v) is 13.5. The maximum Gasteiger partial charge on any atom is 0.466 e. The molecule has 210 valence electrons. The number of pyridine rings is 1. The summed E-state index contributed by atoms with van der Waals surface area (Å²) in [6.45, 7) is 4.40. The molecule has 2 heterocycles. The molecule has 0 bridgehead atoms. The molecule has 0 spiro atoms. The first kappa shape index (κ1) is 30.4. The van der Waals surface area contributed by atoms with Crippen molar-refractivity contribution in [2.24, 2.45) is 0 Å². The predicted octanol–water partition coefficient (Wildman–Crippen LogP) is 4.02. The second-order valence-electron chi connectivity index (χ2n) is 8.49. The van der Waals surface area contributed by atoms with Crippen LogP contribution in [0.4, 0.5) is 11.5 Å². The Morgan fingerprint density at radius 2 is 1.80 bits per heavy atom. The molecule has 0 atom stereocenters. The number of carbonyl (C=O) groups excluding carboxylic acids is 1. The zero-order valence-electron chi connectivity index (χ0n) is 22.1. The van der Waals surface area contributed by atoms with Crippen LogP contribution < -0.4 is 15.4 Å². The molecule has 0 aliphatic rings. The lowest BCUT2D eigenvalue weighted by Crippen LogP contribution is -2.26. The van der Waals surface area contributed by atoms with E-state index in [1.807, 2.05) is 74.5 Å². The number of ether oxygens (including phenoxy) is 2. The molecule has 0 aliphatic carbocycles. The number of phosphoric acid groups is 1. The molecule has 5 N–H and O–H groups in total. The standard InChI is InChI=1S/C27H27N5O3.H3O4P/c1-18-13-21(8-11-25(18)35-22-9-6-19(2)29-15-22)32-27-23-14-20(7-10-24(23)30-17-31-27)5-4-12-28-26(33)16-34-3;1-5(2,3)4/h4-11,13-15,17H,12,16H2,1-3H3,(H,28,33)(H,30,31,32);(H3,1,2,3,4)/b5-4+;. The highest BCUT2D eigenvalue weighted by Gasteiger charge is 2.08. The van der Waals surface area contributed by atoms with Crippen LogP contribution in [0.3, 0.4) is 0 Å². The van der Waals surface area contributed by atoms with Crippen LogP contribution in [0.2, 0.25) is 0 Å². The third kappa shape index (κ3) is 10.2. The highest BCUT2D eigenvalue weighted by atomic mass is 31.2. The SMILES string of the molecule is COCC(=O)NC/C=C/c1ccc2ncnc(Nc3ccc(Oc4ccc(C)nc4)c(C)c3)c2c1.O=P(O)(O)O. The normalized spacial score (nSPS) is 11.2. The summed E-state index contributed by atoms with van der Waals surface area (Å²) in [7, 11) is -3.15. The molecule has 0 saturated carbocycles. The van der Waals surface area contributed by atoms with Gasteiger partial charge in [-0.3, -0.25) is 9.78 Å². The Hall–Kier alpha value is -4.19. The van der Waals surface area contributed by atoms with Gasteiger partial charge < -0.3 is 34.8 Å². The lowest BCUT2D eigenvalue weighted by molar-refractivity contribution is -0.124. The largest absolute Gasteiger partial charge is 0.466 e. The van der Waals surface area contributed by atoms with Crippen LogP contribution in [-0.4, -0.2) is 55.8 Å². The lowest BCUT2D eigenvalue weighted by atomic mass is 10.1. The van der Waals surface area contributed by atoms with Crippen LogP contribution >= 0.6 is 7.82 Å². The number of aryl methyl sites for hydroxylation is 2. The smallest absolute Gasteiger partial charge is 0.455 e. The fraction of sp³-hybridized carbons (Fsp3) is 0.185. The molecule has 0 aliphatic heterocycles. The van der Waals surface area contributed by atoms with Gasteiger partial charge in [-0.2, -0.15) is 0 Å². The van der Waals surface area contributed by atoms with E-state index in [4.69, 9.17) is 28.7 Å². The molecule has 0 radical (unpaired) electrons. The molecular formula is C27H30N5O7P. The molecule has 13 heteroatoms. The first-order valence-electron chi connectivity index (χ1n) is 12.0. The van der Waals surface area contributed by atoms with Crippen molar-refractivity contribution in [2.45, 2.75) is 13.8 Å². The molecule has 4 rings (SSSR count). The third-order valence-electron chi connectivity index (χ3n) is 5.21. The van der Waals surface area contributed by atoms with Gasteiger partial charge in [0, 0.05) is 30.4 Å². The summed E-state index contributed by atoms with van der Waals surface area (Å²) in [4.78, 5) is 46.2. The summed E-state index contributed by atoms with van der Waals surface area (Å²) < 4.78 is 19.7. The number of hydrogen-bond donors (Lipinski definition) is 5. The minimum Gasteiger partial charge on any atom is -0.455 e. The van der Waals surface area contributed by atoms with E-state index in [1.165, 1.54) is 7.11 Å². The fourth-order valence-corrected chi connectivity index (χ4v) is 3.45. The topological polar surface area (TPSA) is 176 Å². The summed E-state index contributed by atoms with van der Waals surface area (Å²) in [5, 5.41) is 7.05. The van der Waals surface area contributed by atoms with Gasteiger partial charge in [0.2, 0.25) is 5.91 Å². The van der Waals surface area contributed by atoms with Crippen LogP contribution in [0.1, 0.15) is 16.8 Å². The van der Waals surface area contributed by atoms with Crippen molar-refractivity contribution in [2.75, 3.05) is 25.6 Å². The Morgan fingerprint density at radius 3 is 2.48 bits per heavy atom. The average Bonchev–Trinajstić information content (AvgIpc) is 2.89. The molecule has 0 unspecified atom stereocenters. The molecule has 40 heavy (non-hydrogen) atoms. The molecular weight excluding hydrogens is 537 g/mol. The second-order valence-corrected chi connectivity index (χ2v) is 9.52. The summed E-state index contributed by atoms with van der Waals surface area (Å²) in [5.41, 5.74) is 4.62. The van der Waals surface area contributed by atoms with E-state index in [2.05, 4.69) is 25.6 Å². The molecule has 1 amide bonds. The maximum absolute atomic E-state index is 11.5. The molecule has 4 aromatic rings. The van der Waals surface area contributed by atoms with Gasteiger partial charge in [0.1, 0.15) is 30.3 Å². The highest BCUT2D eigenvalue weighted by Crippen LogP contribution is 2.30. The Labute approximate surface area is 231 Å². The Bertz CT molecular complexity index is 1520. The van der Waals surface area contributed by atoms with Crippen molar-refractivity contribution >= 4 is 42.2 Å². The van der Waals surface area contributed by atoms with E-state index >= 15 is 0 Å². The second kappa shape index (κ2) is 14.3. The van der Waals surface area contributed by atoms with Gasteiger partial charge in [-0.15, -0.1) is 0 Å². The number of nitrogens with one attached hydrogen (secondary N) is 2. The van der Waals surface area contributed by atoms with Crippen LogP contribution in [0.25, 0.3) is 17.0 Å². The highest BCUT2D eigenvalue weighted by molar-refractivity contribution is 7.45. The summed E-state index contributed by atoms with van der Waals surface area (Å²) in [5.74, 6) is 2.01. The number of nitrogens with zero attached hydrogens (tertiary/aromatic N) is 3. The monoisotopic (exact) mass is 567 g/mol. The van der Waals surface area contributed by atoms with E-state index in [0.717, 1.165) is 39.2 Å². The van der Waals surface area contributed by atoms with Crippen molar-refractivity contribution in [1.82, 2.24) is 20.3 Å². The lowest BCUT2D eigenvalue weighted by Gasteiger charge is -2.12. The predicted molar refractivity (Wildman–Crippen MR) is 151 cm³/mol. The number of carbonyl (C=O) groups is 1. The van der Waals surface area contributed by atoms with Crippen LogP contribution in [0.5, 0.6) is 11.5 Å². The summed E-state index contributed by atoms with van der Waals surface area (Å²) >= 11 is 0. The minimum absolute atomic E-state index is 0.0475. The number of amides is 1. The van der Waals surface area contributed by atoms with Gasteiger partial charge in [0.25, 0.3) is 0 Å². The van der Waals surface area contributed by atoms with Gasteiger partial charge >= 0.3 is 7.82 Å². The average molecular weight is 568 g/mol. The Morgan fingerprint density at radius 1 is 1.02 bits per heavy atom. The van der Waals surface area contributed by atoms with E-state index in [9.17, 15) is 4.79 Å². The maximum atomic E-state index is 11.5. The van der Waals surface area contributed by atoms with Crippen molar-refractivity contribution in [1.29, 1.82) is 0 Å². The Balaban J connectivity index is 0.000000810.